The molecule has 0 aliphatic carbocycles. The number of nitrogens with one attached hydrogen (secondary N) is 1. The molecular formula is C14H22N2O4. The van der Waals surface area contributed by atoms with Gasteiger partial charge in [-0.05, 0) is 32.4 Å². The van der Waals surface area contributed by atoms with Crippen molar-refractivity contribution >= 4 is 6.09 Å². The number of aliphatic hydroxyl groups is 1. The Morgan fingerprint density at radius 1 is 1.35 bits per heavy atom. The summed E-state index contributed by atoms with van der Waals surface area (Å²) < 4.78 is 10.3. The predicted octanol–water partition coefficient (Wildman–Crippen LogP) is 1.62. The number of ether oxygens (including phenoxy) is 2. The van der Waals surface area contributed by atoms with Gasteiger partial charge in [0.25, 0.3) is 0 Å². The molecule has 1 amide bonds. The monoisotopic (exact) mass is 282 g/mol. The molecule has 1 heterocycles. The van der Waals surface area contributed by atoms with Gasteiger partial charge in [0.15, 0.2) is 0 Å². The Hall–Kier alpha value is -1.66. The summed E-state index contributed by atoms with van der Waals surface area (Å²) in [6, 6.07) is 3.58. The molecule has 0 spiro atoms. The average Bonchev–Trinajstić information content (AvgIpc) is 2.37. The van der Waals surface area contributed by atoms with Crippen molar-refractivity contribution in [3.63, 3.8) is 0 Å². The number of nitrogens with zero attached hydrogens (tertiary/aromatic N) is 1. The van der Waals surface area contributed by atoms with Crippen LogP contribution in [0.2, 0.25) is 0 Å². The maximum absolute atomic E-state index is 11.3. The molecule has 0 aliphatic rings. The van der Waals surface area contributed by atoms with E-state index in [4.69, 9.17) is 14.6 Å². The number of aromatic nitrogens is 1. The maximum Gasteiger partial charge on any atom is 0.407 e. The Morgan fingerprint density at radius 3 is 2.65 bits per heavy atom. The number of carbonyl (C=O) groups excluding carboxylic acids is 1. The van der Waals surface area contributed by atoms with Gasteiger partial charge in [-0.15, -0.1) is 0 Å². The van der Waals surface area contributed by atoms with Crippen molar-refractivity contribution in [2.45, 2.75) is 39.5 Å². The first kappa shape index (κ1) is 16.4. The van der Waals surface area contributed by atoms with Crippen LogP contribution in [0.5, 0.6) is 0 Å². The van der Waals surface area contributed by atoms with Crippen LogP contribution >= 0.6 is 0 Å². The molecule has 0 fully saturated rings. The highest BCUT2D eigenvalue weighted by Gasteiger charge is 2.14. The van der Waals surface area contributed by atoms with E-state index in [-0.39, 0.29) is 18.8 Å². The molecule has 0 bridgehead atoms. The summed E-state index contributed by atoms with van der Waals surface area (Å²) in [5.41, 5.74) is 1.22. The standard InChI is InChI=1S/C14H22N2O4/c1-14(2,3)16-13(18)20-7-6-19-10-11-4-5-12(9-17)15-8-11/h4-5,8,17H,6-7,9-10H2,1-3H3,(H,16,18). The number of hydrogen-bond donors (Lipinski definition) is 2. The van der Waals surface area contributed by atoms with Gasteiger partial charge in [-0.2, -0.15) is 0 Å². The zero-order chi connectivity index (χ0) is 15.0. The van der Waals surface area contributed by atoms with Crippen LogP contribution < -0.4 is 5.32 Å². The lowest BCUT2D eigenvalue weighted by Crippen LogP contribution is -2.41. The van der Waals surface area contributed by atoms with Gasteiger partial charge in [-0.25, -0.2) is 4.79 Å². The Bertz CT molecular complexity index is 412. The third-order valence-corrected chi connectivity index (χ3v) is 2.25. The van der Waals surface area contributed by atoms with Crippen LogP contribution in [0.3, 0.4) is 0 Å². The summed E-state index contributed by atoms with van der Waals surface area (Å²) in [7, 11) is 0. The molecule has 1 aromatic rings. The van der Waals surface area contributed by atoms with Crippen LogP contribution in [0.4, 0.5) is 4.79 Å². The largest absolute Gasteiger partial charge is 0.447 e. The first-order valence-electron chi connectivity index (χ1n) is 6.48. The number of hydrogen-bond acceptors (Lipinski definition) is 5. The Kier molecular flexibility index (Phi) is 6.41. The number of pyridine rings is 1. The summed E-state index contributed by atoms with van der Waals surface area (Å²) in [5.74, 6) is 0. The highest BCUT2D eigenvalue weighted by Crippen LogP contribution is 2.02. The minimum absolute atomic E-state index is 0.0716. The van der Waals surface area contributed by atoms with Crippen LogP contribution in [-0.4, -0.2) is 34.9 Å². The van der Waals surface area contributed by atoms with E-state index in [0.717, 1.165) is 5.56 Å². The van der Waals surface area contributed by atoms with Gasteiger partial charge in [-0.1, -0.05) is 6.07 Å². The maximum atomic E-state index is 11.3. The van der Waals surface area contributed by atoms with E-state index in [2.05, 4.69) is 10.3 Å². The molecule has 20 heavy (non-hydrogen) atoms. The van der Waals surface area contributed by atoms with Crippen LogP contribution in [0, 0.1) is 0 Å². The summed E-state index contributed by atoms with van der Waals surface area (Å²) in [6.07, 6.45) is 1.20. The van der Waals surface area contributed by atoms with E-state index in [0.29, 0.717) is 18.9 Å². The second-order valence-corrected chi connectivity index (χ2v) is 5.38. The molecule has 0 aliphatic heterocycles. The molecule has 0 unspecified atom stereocenters. The number of carbonyl (C=O) groups is 1. The topological polar surface area (TPSA) is 80.7 Å². The second-order valence-electron chi connectivity index (χ2n) is 5.38. The Labute approximate surface area is 119 Å². The summed E-state index contributed by atoms with van der Waals surface area (Å²) in [5, 5.41) is 11.5. The van der Waals surface area contributed by atoms with Gasteiger partial charge in [0.1, 0.15) is 6.61 Å². The molecule has 2 N–H and O–H groups in total. The first-order valence-corrected chi connectivity index (χ1v) is 6.48. The highest BCUT2D eigenvalue weighted by molar-refractivity contribution is 5.67. The number of alkyl carbamates (subject to hydrolysis) is 1. The Morgan fingerprint density at radius 2 is 2.10 bits per heavy atom. The Balaban J connectivity index is 2.14. The minimum atomic E-state index is -0.449. The van der Waals surface area contributed by atoms with Gasteiger partial charge in [-0.3, -0.25) is 4.98 Å². The molecule has 112 valence electrons. The van der Waals surface area contributed by atoms with E-state index in [1.165, 1.54) is 0 Å². The fraction of sp³-hybridized carbons (Fsp3) is 0.571. The molecular weight excluding hydrogens is 260 g/mol. The van der Waals surface area contributed by atoms with E-state index in [1.54, 1.807) is 12.3 Å². The molecule has 0 radical (unpaired) electrons. The van der Waals surface area contributed by atoms with Gasteiger partial charge >= 0.3 is 6.09 Å². The molecule has 0 saturated heterocycles. The summed E-state index contributed by atoms with van der Waals surface area (Å²) in [6.45, 7) is 6.49. The zero-order valence-electron chi connectivity index (χ0n) is 12.2. The van der Waals surface area contributed by atoms with E-state index >= 15 is 0 Å². The number of aliphatic hydroxyl groups excluding tert-OH is 1. The van der Waals surface area contributed by atoms with Crippen LogP contribution in [0.15, 0.2) is 18.3 Å². The van der Waals surface area contributed by atoms with Crippen molar-refractivity contribution < 1.29 is 19.4 Å². The third-order valence-electron chi connectivity index (χ3n) is 2.25. The van der Waals surface area contributed by atoms with Crippen molar-refractivity contribution in [2.75, 3.05) is 13.2 Å². The molecule has 0 atom stereocenters. The second kappa shape index (κ2) is 7.81. The van der Waals surface area contributed by atoms with Gasteiger partial charge in [0.05, 0.1) is 25.5 Å². The quantitative estimate of drug-likeness (QED) is 0.775. The molecule has 1 aromatic heterocycles. The summed E-state index contributed by atoms with van der Waals surface area (Å²) in [4.78, 5) is 15.4. The van der Waals surface area contributed by atoms with Crippen molar-refractivity contribution in [1.82, 2.24) is 10.3 Å². The summed E-state index contributed by atoms with van der Waals surface area (Å²) >= 11 is 0. The van der Waals surface area contributed by atoms with E-state index in [1.807, 2.05) is 26.8 Å². The molecule has 0 saturated carbocycles. The van der Waals surface area contributed by atoms with Crippen molar-refractivity contribution in [3.05, 3.63) is 29.6 Å². The van der Waals surface area contributed by atoms with Crippen molar-refractivity contribution in [3.8, 4) is 0 Å². The molecule has 1 rings (SSSR count). The third kappa shape index (κ3) is 7.06. The van der Waals surface area contributed by atoms with E-state index in [9.17, 15) is 4.79 Å². The smallest absolute Gasteiger partial charge is 0.407 e. The lowest BCUT2D eigenvalue weighted by molar-refractivity contribution is 0.0623. The predicted molar refractivity (Wildman–Crippen MR) is 74.1 cm³/mol. The fourth-order valence-corrected chi connectivity index (χ4v) is 1.36. The van der Waals surface area contributed by atoms with Gasteiger partial charge in [0.2, 0.25) is 0 Å². The zero-order valence-corrected chi connectivity index (χ0v) is 12.2. The normalized spacial score (nSPS) is 11.2. The SMILES string of the molecule is CC(C)(C)NC(=O)OCCOCc1ccc(CO)nc1. The fourth-order valence-electron chi connectivity index (χ4n) is 1.36. The highest BCUT2D eigenvalue weighted by atomic mass is 16.6. The number of amides is 1. The number of rotatable bonds is 6. The van der Waals surface area contributed by atoms with Crippen LogP contribution in [-0.2, 0) is 22.7 Å². The average molecular weight is 282 g/mol. The van der Waals surface area contributed by atoms with Crippen LogP contribution in [0.25, 0.3) is 0 Å². The molecule has 6 nitrogen and oxygen atoms in total. The first-order chi connectivity index (χ1) is 9.40. The van der Waals surface area contributed by atoms with Crippen molar-refractivity contribution in [1.29, 1.82) is 0 Å². The minimum Gasteiger partial charge on any atom is -0.447 e. The molecule has 0 aromatic carbocycles. The van der Waals surface area contributed by atoms with Crippen LogP contribution in [0.1, 0.15) is 32.0 Å². The lowest BCUT2D eigenvalue weighted by atomic mass is 10.1. The van der Waals surface area contributed by atoms with Gasteiger partial charge in [0, 0.05) is 11.7 Å². The van der Waals surface area contributed by atoms with Gasteiger partial charge < -0.3 is 19.9 Å². The molecule has 6 heteroatoms. The lowest BCUT2D eigenvalue weighted by Gasteiger charge is -2.19. The van der Waals surface area contributed by atoms with Crippen molar-refractivity contribution in [2.24, 2.45) is 0 Å². The van der Waals surface area contributed by atoms with E-state index < -0.39 is 6.09 Å².